The fraction of sp³-hybridized carbons (Fsp3) is 0.923. The summed E-state index contributed by atoms with van der Waals surface area (Å²) < 4.78 is 60.3. The highest BCUT2D eigenvalue weighted by Gasteiger charge is 2.32. The van der Waals surface area contributed by atoms with Gasteiger partial charge in [0.15, 0.2) is 5.11 Å². The molecule has 0 amide bonds. The van der Waals surface area contributed by atoms with Gasteiger partial charge < -0.3 is 10.6 Å². The van der Waals surface area contributed by atoms with Crippen molar-refractivity contribution in [3.8, 4) is 0 Å². The van der Waals surface area contributed by atoms with Crippen molar-refractivity contribution in [2.24, 2.45) is 0 Å². The smallest absolute Gasteiger partial charge is 0.270 e. The molecule has 24 heavy (non-hydrogen) atoms. The zero-order valence-electron chi connectivity index (χ0n) is 14.5. The molecule has 0 unspecified atom stereocenters. The zero-order chi connectivity index (χ0) is 19.2. The first-order chi connectivity index (χ1) is 10.6. The van der Waals surface area contributed by atoms with E-state index in [1.807, 2.05) is 0 Å². The molecule has 4 N–H and O–H groups in total. The Kier molecular flexibility index (Phi) is 8.57. The van der Waals surface area contributed by atoms with Crippen molar-refractivity contribution in [2.75, 3.05) is 13.1 Å². The summed E-state index contributed by atoms with van der Waals surface area (Å²) in [6, 6.07) is 0. The van der Waals surface area contributed by atoms with E-state index in [0.29, 0.717) is 31.0 Å². The van der Waals surface area contributed by atoms with Crippen LogP contribution in [0.2, 0.25) is 0 Å². The third-order valence-electron chi connectivity index (χ3n) is 3.88. The first-order valence-corrected chi connectivity index (χ1v) is 10.8. The highest BCUT2D eigenvalue weighted by Crippen LogP contribution is 2.21. The van der Waals surface area contributed by atoms with E-state index in [1.165, 1.54) is 27.7 Å². The van der Waals surface area contributed by atoms with Gasteiger partial charge in [0.05, 0.1) is 9.49 Å². The van der Waals surface area contributed by atoms with Crippen LogP contribution in [-0.2, 0) is 20.2 Å². The average Bonchev–Trinajstić information content (AvgIpc) is 2.37. The Morgan fingerprint density at radius 3 is 1.38 bits per heavy atom. The largest absolute Gasteiger partial charge is 0.363 e. The maximum absolute atomic E-state index is 11.1. The second kappa shape index (κ2) is 8.75. The number of rotatable bonds is 10. The van der Waals surface area contributed by atoms with E-state index in [2.05, 4.69) is 10.6 Å². The van der Waals surface area contributed by atoms with Crippen molar-refractivity contribution in [3.63, 3.8) is 0 Å². The Morgan fingerprint density at radius 1 is 0.833 bits per heavy atom. The topological polar surface area (TPSA) is 133 Å². The van der Waals surface area contributed by atoms with Gasteiger partial charge in [-0.2, -0.15) is 16.8 Å². The summed E-state index contributed by atoms with van der Waals surface area (Å²) in [5.74, 6) is 0. The van der Waals surface area contributed by atoms with E-state index in [0.717, 1.165) is 0 Å². The van der Waals surface area contributed by atoms with Crippen LogP contribution in [-0.4, -0.2) is 53.6 Å². The van der Waals surface area contributed by atoms with Gasteiger partial charge in [0.2, 0.25) is 0 Å². The maximum Gasteiger partial charge on any atom is 0.270 e. The molecular formula is C13H28N2O6S3. The second-order valence-corrected chi connectivity index (χ2v) is 11.4. The molecule has 0 saturated heterocycles. The fourth-order valence-corrected chi connectivity index (χ4v) is 2.76. The Morgan fingerprint density at radius 2 is 1.12 bits per heavy atom. The molecule has 0 radical (unpaired) electrons. The predicted octanol–water partition coefficient (Wildman–Crippen LogP) is 1.34. The lowest BCUT2D eigenvalue weighted by molar-refractivity contribution is 0.426. The SMILES string of the molecule is CC(C)(CCCNC(=S)NCCCC(C)(C)S(=O)(=O)O)S(=O)(=O)O. The Hall–Kier alpha value is -0.490. The average molecular weight is 405 g/mol. The van der Waals surface area contributed by atoms with E-state index >= 15 is 0 Å². The monoisotopic (exact) mass is 404 g/mol. The number of hydrogen-bond donors (Lipinski definition) is 4. The fourth-order valence-electron chi connectivity index (χ4n) is 1.75. The number of hydrogen-bond acceptors (Lipinski definition) is 5. The van der Waals surface area contributed by atoms with Crippen molar-refractivity contribution in [3.05, 3.63) is 0 Å². The molecule has 0 heterocycles. The lowest BCUT2D eigenvalue weighted by atomic mass is 10.1. The lowest BCUT2D eigenvalue weighted by Gasteiger charge is -2.21. The van der Waals surface area contributed by atoms with Gasteiger partial charge in [-0.15, -0.1) is 0 Å². The highest BCUT2D eigenvalue weighted by atomic mass is 32.2. The molecule has 0 rings (SSSR count). The standard InChI is InChI=1S/C13H28N2O6S3/c1-12(2,23(16,17)18)7-5-9-14-11(22)15-10-6-8-13(3,4)24(19,20)21/h5-10H2,1-4H3,(H2,14,15,22)(H,16,17,18)(H,19,20,21). The van der Waals surface area contributed by atoms with Crippen LogP contribution in [0.3, 0.4) is 0 Å². The van der Waals surface area contributed by atoms with Crippen LogP contribution in [0.25, 0.3) is 0 Å². The molecule has 144 valence electrons. The van der Waals surface area contributed by atoms with Crippen LogP contribution in [0.5, 0.6) is 0 Å². The van der Waals surface area contributed by atoms with Crippen molar-refractivity contribution in [1.29, 1.82) is 0 Å². The molecule has 8 nitrogen and oxygen atoms in total. The molecule has 0 saturated carbocycles. The maximum atomic E-state index is 11.1. The Bertz CT molecular complexity index is 572. The van der Waals surface area contributed by atoms with Gasteiger partial charge in [-0.3, -0.25) is 9.11 Å². The summed E-state index contributed by atoms with van der Waals surface area (Å²) >= 11 is 5.06. The van der Waals surface area contributed by atoms with Crippen molar-refractivity contribution >= 4 is 37.6 Å². The molecule has 0 spiro atoms. The van der Waals surface area contributed by atoms with Crippen LogP contribution < -0.4 is 10.6 Å². The number of thiocarbonyl (C=S) groups is 1. The minimum atomic E-state index is -4.09. The molecule has 11 heteroatoms. The van der Waals surface area contributed by atoms with Gasteiger partial charge in [0, 0.05) is 13.1 Å². The predicted molar refractivity (Wildman–Crippen MR) is 98.3 cm³/mol. The third kappa shape index (κ3) is 8.06. The van der Waals surface area contributed by atoms with E-state index in [4.69, 9.17) is 21.3 Å². The van der Waals surface area contributed by atoms with Crippen molar-refractivity contribution in [1.82, 2.24) is 10.6 Å². The normalized spacial score (nSPS) is 13.6. The molecule has 0 aromatic rings. The van der Waals surface area contributed by atoms with Gasteiger partial charge in [0.1, 0.15) is 0 Å². The van der Waals surface area contributed by atoms with Gasteiger partial charge in [-0.25, -0.2) is 0 Å². The van der Waals surface area contributed by atoms with Gasteiger partial charge in [-0.1, -0.05) is 0 Å². The highest BCUT2D eigenvalue weighted by molar-refractivity contribution is 7.87. The van der Waals surface area contributed by atoms with Crippen LogP contribution in [0, 0.1) is 0 Å². The van der Waals surface area contributed by atoms with Crippen LogP contribution in [0.1, 0.15) is 53.4 Å². The summed E-state index contributed by atoms with van der Waals surface area (Å²) in [5.41, 5.74) is 0. The van der Waals surface area contributed by atoms with Gasteiger partial charge in [0.25, 0.3) is 20.2 Å². The molecule has 0 fully saturated rings. The van der Waals surface area contributed by atoms with Gasteiger partial charge in [-0.05, 0) is 65.6 Å². The first kappa shape index (κ1) is 23.5. The van der Waals surface area contributed by atoms with E-state index in [9.17, 15) is 16.8 Å². The molecule has 0 bridgehead atoms. The summed E-state index contributed by atoms with van der Waals surface area (Å²) in [6.07, 6.45) is 1.57. The van der Waals surface area contributed by atoms with Crippen molar-refractivity contribution in [2.45, 2.75) is 62.9 Å². The molecule has 0 aromatic heterocycles. The summed E-state index contributed by atoms with van der Waals surface area (Å²) in [4.78, 5) is 0. The van der Waals surface area contributed by atoms with Crippen LogP contribution >= 0.6 is 12.2 Å². The minimum Gasteiger partial charge on any atom is -0.363 e. The molecule has 0 aliphatic rings. The quantitative estimate of drug-likeness (QED) is 0.242. The Labute approximate surface area is 150 Å². The molecule has 0 atom stereocenters. The van der Waals surface area contributed by atoms with Crippen LogP contribution in [0.15, 0.2) is 0 Å². The molecule has 0 aliphatic carbocycles. The van der Waals surface area contributed by atoms with E-state index in [-0.39, 0.29) is 12.8 Å². The Balaban J connectivity index is 3.98. The van der Waals surface area contributed by atoms with Crippen molar-refractivity contribution < 1.29 is 25.9 Å². The zero-order valence-corrected chi connectivity index (χ0v) is 16.9. The lowest BCUT2D eigenvalue weighted by Crippen LogP contribution is -2.38. The second-order valence-electron chi connectivity index (χ2n) is 6.86. The molecule has 0 aliphatic heterocycles. The third-order valence-corrected chi connectivity index (χ3v) is 7.37. The molecule has 0 aromatic carbocycles. The summed E-state index contributed by atoms with van der Waals surface area (Å²) in [5, 5.41) is 6.20. The first-order valence-electron chi connectivity index (χ1n) is 7.56. The summed E-state index contributed by atoms with van der Waals surface area (Å²) in [7, 11) is -8.19. The van der Waals surface area contributed by atoms with E-state index in [1.54, 1.807) is 0 Å². The van der Waals surface area contributed by atoms with Crippen LogP contribution in [0.4, 0.5) is 0 Å². The molecular weight excluding hydrogens is 376 g/mol. The van der Waals surface area contributed by atoms with E-state index < -0.39 is 29.7 Å². The minimum absolute atomic E-state index is 0.282. The number of nitrogens with one attached hydrogen (secondary N) is 2. The van der Waals surface area contributed by atoms with Gasteiger partial charge >= 0.3 is 0 Å². The summed E-state index contributed by atoms with van der Waals surface area (Å²) in [6.45, 7) is 6.71.